The number of esters is 1. The summed E-state index contributed by atoms with van der Waals surface area (Å²) >= 11 is 6.11. The summed E-state index contributed by atoms with van der Waals surface area (Å²) in [5.74, 6) is -0.863. The third-order valence-electron chi connectivity index (χ3n) is 3.54. The first-order chi connectivity index (χ1) is 12.2. The molecule has 0 fully saturated rings. The molecule has 26 heavy (non-hydrogen) atoms. The third kappa shape index (κ3) is 4.14. The number of nitrogens with one attached hydrogen (secondary N) is 1. The highest BCUT2D eigenvalue weighted by Crippen LogP contribution is 2.31. The molecule has 0 bridgehead atoms. The Morgan fingerprint density at radius 1 is 1.12 bits per heavy atom. The zero-order chi connectivity index (χ0) is 19.5. The van der Waals surface area contributed by atoms with Gasteiger partial charge in [-0.1, -0.05) is 11.6 Å². The summed E-state index contributed by atoms with van der Waals surface area (Å²) in [6.07, 6.45) is 0. The molecule has 0 atom stereocenters. The minimum Gasteiger partial charge on any atom is -0.465 e. The van der Waals surface area contributed by atoms with Gasteiger partial charge in [-0.05, 0) is 42.5 Å². The molecule has 0 aliphatic heterocycles. The van der Waals surface area contributed by atoms with Crippen LogP contribution in [0.4, 0.5) is 11.4 Å². The van der Waals surface area contributed by atoms with Crippen LogP contribution in [0.1, 0.15) is 17.3 Å². The molecule has 0 aliphatic carbocycles. The predicted molar refractivity (Wildman–Crippen MR) is 99.1 cm³/mol. The fourth-order valence-electron chi connectivity index (χ4n) is 2.20. The number of nitrogens with zero attached hydrogens (tertiary/aromatic N) is 1. The Hall–Kier alpha value is -2.58. The second-order valence-electron chi connectivity index (χ2n) is 5.34. The second kappa shape index (κ2) is 7.76. The maximum atomic E-state index is 12.8. The summed E-state index contributed by atoms with van der Waals surface area (Å²) in [7, 11) is -1.36. The minimum atomic E-state index is -3.92. The number of hydrogen-bond donors (Lipinski definition) is 1. The molecule has 0 aliphatic rings. The third-order valence-corrected chi connectivity index (χ3v) is 5.64. The van der Waals surface area contributed by atoms with Crippen LogP contribution in [0.25, 0.3) is 0 Å². The monoisotopic (exact) mass is 396 g/mol. The number of amides is 1. The summed E-state index contributed by atoms with van der Waals surface area (Å²) in [5, 5.41) is 2.73. The van der Waals surface area contributed by atoms with Crippen molar-refractivity contribution in [2.45, 2.75) is 11.8 Å². The van der Waals surface area contributed by atoms with Gasteiger partial charge in [0, 0.05) is 19.7 Å². The molecule has 0 saturated heterocycles. The van der Waals surface area contributed by atoms with E-state index in [-0.39, 0.29) is 27.1 Å². The van der Waals surface area contributed by atoms with Crippen molar-refractivity contribution in [1.82, 2.24) is 0 Å². The van der Waals surface area contributed by atoms with Gasteiger partial charge in [0.2, 0.25) is 5.91 Å². The van der Waals surface area contributed by atoms with Crippen molar-refractivity contribution < 1.29 is 22.7 Å². The van der Waals surface area contributed by atoms with E-state index in [1.807, 2.05) is 0 Å². The van der Waals surface area contributed by atoms with Gasteiger partial charge in [0.05, 0.1) is 28.3 Å². The lowest BCUT2D eigenvalue weighted by Gasteiger charge is -2.21. The van der Waals surface area contributed by atoms with E-state index in [2.05, 4.69) is 10.1 Å². The van der Waals surface area contributed by atoms with Crippen LogP contribution in [0.2, 0.25) is 5.02 Å². The summed E-state index contributed by atoms with van der Waals surface area (Å²) in [4.78, 5) is 22.7. The highest BCUT2D eigenvalue weighted by Gasteiger charge is 2.24. The Labute approximate surface area is 156 Å². The van der Waals surface area contributed by atoms with Gasteiger partial charge >= 0.3 is 5.97 Å². The number of carbonyl (C=O) groups excluding carboxylic acids is 2. The summed E-state index contributed by atoms with van der Waals surface area (Å²) in [5.41, 5.74) is 0.792. The quantitative estimate of drug-likeness (QED) is 0.784. The van der Waals surface area contributed by atoms with Gasteiger partial charge in [-0.2, -0.15) is 0 Å². The van der Waals surface area contributed by atoms with E-state index in [0.717, 1.165) is 4.31 Å². The van der Waals surface area contributed by atoms with Crippen LogP contribution < -0.4 is 9.62 Å². The smallest absolute Gasteiger partial charge is 0.337 e. The molecule has 0 unspecified atom stereocenters. The Kier molecular flexibility index (Phi) is 5.89. The highest BCUT2D eigenvalue weighted by atomic mass is 35.5. The van der Waals surface area contributed by atoms with Crippen LogP contribution in [0.5, 0.6) is 0 Å². The first kappa shape index (κ1) is 19.7. The molecular weight excluding hydrogens is 380 g/mol. The fraction of sp³-hybridized carbons (Fsp3) is 0.176. The van der Waals surface area contributed by atoms with Gasteiger partial charge < -0.3 is 10.1 Å². The van der Waals surface area contributed by atoms with Gasteiger partial charge in [-0.25, -0.2) is 13.2 Å². The van der Waals surface area contributed by atoms with Crippen LogP contribution in [-0.4, -0.2) is 34.5 Å². The number of hydrogen-bond acceptors (Lipinski definition) is 5. The van der Waals surface area contributed by atoms with Gasteiger partial charge in [-0.15, -0.1) is 0 Å². The van der Waals surface area contributed by atoms with E-state index in [1.165, 1.54) is 63.5 Å². The number of sulfonamides is 1. The average molecular weight is 397 g/mol. The lowest BCUT2D eigenvalue weighted by Crippen LogP contribution is -2.27. The standard InChI is InChI=1S/C17H17ClN2O5S/c1-11(21)19-13-5-7-14(8-6-13)26(23,24)20(2)16-10-12(17(22)25-3)4-9-15(16)18/h4-10H,1-3H3,(H,19,21). The number of halogens is 1. The van der Waals surface area contributed by atoms with Crippen molar-refractivity contribution in [3.63, 3.8) is 0 Å². The molecule has 7 nitrogen and oxygen atoms in total. The van der Waals surface area contributed by atoms with Gasteiger partial charge in [0.15, 0.2) is 0 Å². The van der Waals surface area contributed by atoms with Crippen molar-refractivity contribution in [3.8, 4) is 0 Å². The van der Waals surface area contributed by atoms with Crippen LogP contribution >= 0.6 is 11.6 Å². The molecule has 138 valence electrons. The van der Waals surface area contributed by atoms with E-state index in [9.17, 15) is 18.0 Å². The maximum Gasteiger partial charge on any atom is 0.337 e. The lowest BCUT2D eigenvalue weighted by molar-refractivity contribution is -0.114. The molecule has 2 rings (SSSR count). The molecule has 0 aromatic heterocycles. The number of methoxy groups -OCH3 is 1. The Balaban J connectivity index is 2.40. The lowest BCUT2D eigenvalue weighted by atomic mass is 10.2. The first-order valence-corrected chi connectivity index (χ1v) is 9.23. The highest BCUT2D eigenvalue weighted by molar-refractivity contribution is 7.92. The molecule has 9 heteroatoms. The molecule has 0 saturated carbocycles. The SMILES string of the molecule is COC(=O)c1ccc(Cl)c(N(C)S(=O)(=O)c2ccc(NC(C)=O)cc2)c1. The molecule has 2 aromatic rings. The van der Waals surface area contributed by atoms with E-state index in [4.69, 9.17) is 11.6 Å². The van der Waals surface area contributed by atoms with E-state index < -0.39 is 16.0 Å². The number of benzene rings is 2. The zero-order valence-corrected chi connectivity index (χ0v) is 15.9. The van der Waals surface area contributed by atoms with Crippen LogP contribution in [0, 0.1) is 0 Å². The average Bonchev–Trinajstić information content (AvgIpc) is 2.60. The van der Waals surface area contributed by atoms with Crippen molar-refractivity contribution in [2.75, 3.05) is 23.8 Å². The van der Waals surface area contributed by atoms with Crippen LogP contribution in [-0.2, 0) is 19.6 Å². The van der Waals surface area contributed by atoms with Crippen LogP contribution in [0.15, 0.2) is 47.4 Å². The molecule has 0 heterocycles. The van der Waals surface area contributed by atoms with Gasteiger partial charge in [0.25, 0.3) is 10.0 Å². The summed E-state index contributed by atoms with van der Waals surface area (Å²) < 4.78 is 31.3. The Morgan fingerprint density at radius 2 is 1.73 bits per heavy atom. The number of carbonyl (C=O) groups is 2. The van der Waals surface area contributed by atoms with Gasteiger partial charge in [-0.3, -0.25) is 9.10 Å². The zero-order valence-electron chi connectivity index (χ0n) is 14.3. The second-order valence-corrected chi connectivity index (χ2v) is 7.71. The van der Waals surface area contributed by atoms with Gasteiger partial charge in [0.1, 0.15) is 0 Å². The van der Waals surface area contributed by atoms with Crippen molar-refractivity contribution in [3.05, 3.63) is 53.1 Å². The Bertz CT molecular complexity index is 942. The first-order valence-electron chi connectivity index (χ1n) is 7.41. The van der Waals surface area contributed by atoms with E-state index in [0.29, 0.717) is 5.69 Å². The largest absolute Gasteiger partial charge is 0.465 e. The van der Waals surface area contributed by atoms with E-state index >= 15 is 0 Å². The molecule has 2 aromatic carbocycles. The van der Waals surface area contributed by atoms with Crippen molar-refractivity contribution in [1.29, 1.82) is 0 Å². The van der Waals surface area contributed by atoms with Crippen LogP contribution in [0.3, 0.4) is 0 Å². The molecule has 1 N–H and O–H groups in total. The summed E-state index contributed by atoms with van der Waals surface area (Å²) in [6.45, 7) is 1.36. The fourth-order valence-corrected chi connectivity index (χ4v) is 3.70. The predicted octanol–water partition coefficient (Wildman–Crippen LogP) is 2.91. The normalized spacial score (nSPS) is 10.9. The van der Waals surface area contributed by atoms with Crippen molar-refractivity contribution >= 4 is 44.9 Å². The molecule has 1 amide bonds. The number of rotatable bonds is 5. The number of ether oxygens (including phenoxy) is 1. The Morgan fingerprint density at radius 3 is 2.27 bits per heavy atom. The van der Waals surface area contributed by atoms with Crippen molar-refractivity contribution in [2.24, 2.45) is 0 Å². The molecular formula is C17H17ClN2O5S. The molecule has 0 spiro atoms. The topological polar surface area (TPSA) is 92.8 Å². The summed E-state index contributed by atoms with van der Waals surface area (Å²) in [6, 6.07) is 9.92. The maximum absolute atomic E-state index is 12.8. The van der Waals surface area contributed by atoms with E-state index in [1.54, 1.807) is 0 Å². The minimum absolute atomic E-state index is 0.00800. The molecule has 0 radical (unpaired) electrons. The number of anilines is 2.